The highest BCUT2D eigenvalue weighted by molar-refractivity contribution is 4.75. The molecule has 0 aliphatic carbocycles. The molecular formula is C9H16F3NO. The van der Waals surface area contributed by atoms with Crippen molar-refractivity contribution in [3.63, 3.8) is 0 Å². The van der Waals surface area contributed by atoms with Gasteiger partial charge in [0.2, 0.25) is 0 Å². The number of rotatable bonds is 4. The molecule has 1 saturated heterocycles. The van der Waals surface area contributed by atoms with Crippen LogP contribution in [0, 0.1) is 5.92 Å². The highest BCUT2D eigenvalue weighted by Crippen LogP contribution is 2.28. The summed E-state index contributed by atoms with van der Waals surface area (Å²) in [7, 11) is 1.12. The van der Waals surface area contributed by atoms with Crippen LogP contribution in [0.3, 0.4) is 0 Å². The average Bonchev–Trinajstić information content (AvgIpc) is 2.55. The van der Waals surface area contributed by atoms with E-state index in [1.54, 1.807) is 0 Å². The van der Waals surface area contributed by atoms with Crippen LogP contribution in [0.4, 0.5) is 13.2 Å². The van der Waals surface area contributed by atoms with Gasteiger partial charge in [-0.2, -0.15) is 13.2 Å². The van der Waals surface area contributed by atoms with Gasteiger partial charge in [0.15, 0.2) is 6.10 Å². The molecule has 2 unspecified atom stereocenters. The molecule has 2 atom stereocenters. The fraction of sp³-hybridized carbons (Fsp3) is 1.00. The topological polar surface area (TPSA) is 21.3 Å². The number of alkyl halides is 3. The Kier molecular flexibility index (Phi) is 4.19. The first-order valence-electron chi connectivity index (χ1n) is 4.84. The van der Waals surface area contributed by atoms with Crippen molar-refractivity contribution in [3.05, 3.63) is 0 Å². The van der Waals surface area contributed by atoms with E-state index in [9.17, 15) is 13.2 Å². The molecule has 0 bridgehead atoms. The van der Waals surface area contributed by atoms with Crippen molar-refractivity contribution in [2.24, 2.45) is 5.92 Å². The fourth-order valence-corrected chi connectivity index (χ4v) is 1.76. The molecular weight excluding hydrogens is 195 g/mol. The van der Waals surface area contributed by atoms with E-state index in [2.05, 4.69) is 10.1 Å². The molecule has 1 aliphatic heterocycles. The van der Waals surface area contributed by atoms with E-state index >= 15 is 0 Å². The SMILES string of the molecule is COC(CCC1CCNC1)C(F)(F)F. The zero-order valence-corrected chi connectivity index (χ0v) is 8.23. The summed E-state index contributed by atoms with van der Waals surface area (Å²) in [5.74, 6) is 0.384. The van der Waals surface area contributed by atoms with Gasteiger partial charge in [-0.15, -0.1) is 0 Å². The van der Waals surface area contributed by atoms with Crippen LogP contribution < -0.4 is 5.32 Å². The molecule has 1 aliphatic rings. The van der Waals surface area contributed by atoms with E-state index in [1.807, 2.05) is 0 Å². The lowest BCUT2D eigenvalue weighted by Crippen LogP contribution is -2.31. The first-order valence-corrected chi connectivity index (χ1v) is 4.84. The minimum Gasteiger partial charge on any atom is -0.372 e. The second-order valence-electron chi connectivity index (χ2n) is 3.70. The average molecular weight is 211 g/mol. The van der Waals surface area contributed by atoms with Crippen LogP contribution in [0.25, 0.3) is 0 Å². The van der Waals surface area contributed by atoms with Gasteiger partial charge < -0.3 is 10.1 Å². The maximum Gasteiger partial charge on any atom is 0.414 e. The third-order valence-electron chi connectivity index (χ3n) is 2.65. The number of methoxy groups -OCH3 is 1. The minimum absolute atomic E-state index is 0.0757. The van der Waals surface area contributed by atoms with Crippen molar-refractivity contribution in [2.75, 3.05) is 20.2 Å². The Labute approximate surface area is 81.8 Å². The van der Waals surface area contributed by atoms with Crippen LogP contribution >= 0.6 is 0 Å². The maximum absolute atomic E-state index is 12.3. The molecule has 0 radical (unpaired) electrons. The minimum atomic E-state index is -4.22. The van der Waals surface area contributed by atoms with E-state index in [0.717, 1.165) is 26.6 Å². The molecule has 0 spiro atoms. The zero-order valence-electron chi connectivity index (χ0n) is 8.23. The first-order chi connectivity index (χ1) is 6.54. The number of halogens is 3. The van der Waals surface area contributed by atoms with E-state index in [4.69, 9.17) is 0 Å². The molecule has 14 heavy (non-hydrogen) atoms. The van der Waals surface area contributed by atoms with Gasteiger partial charge in [-0.25, -0.2) is 0 Å². The Morgan fingerprint density at radius 1 is 1.50 bits per heavy atom. The van der Waals surface area contributed by atoms with Crippen LogP contribution in [-0.4, -0.2) is 32.5 Å². The van der Waals surface area contributed by atoms with Gasteiger partial charge in [0.25, 0.3) is 0 Å². The van der Waals surface area contributed by atoms with E-state index < -0.39 is 12.3 Å². The van der Waals surface area contributed by atoms with Gasteiger partial charge in [0.1, 0.15) is 0 Å². The van der Waals surface area contributed by atoms with Gasteiger partial charge >= 0.3 is 6.18 Å². The Morgan fingerprint density at radius 3 is 2.64 bits per heavy atom. The molecule has 0 amide bonds. The summed E-state index contributed by atoms with van der Waals surface area (Å²) in [6.07, 6.45) is -4.17. The van der Waals surface area contributed by atoms with E-state index in [-0.39, 0.29) is 6.42 Å². The summed E-state index contributed by atoms with van der Waals surface area (Å²) in [6, 6.07) is 0. The molecule has 5 heteroatoms. The first kappa shape index (κ1) is 11.8. The highest BCUT2D eigenvalue weighted by Gasteiger charge is 2.39. The van der Waals surface area contributed by atoms with Gasteiger partial charge in [-0.1, -0.05) is 0 Å². The van der Waals surface area contributed by atoms with Crippen molar-refractivity contribution in [2.45, 2.75) is 31.5 Å². The van der Waals surface area contributed by atoms with Crippen LogP contribution in [0.2, 0.25) is 0 Å². The molecule has 0 aromatic rings. The Balaban J connectivity index is 2.26. The number of hydrogen-bond acceptors (Lipinski definition) is 2. The molecule has 84 valence electrons. The van der Waals surface area contributed by atoms with Gasteiger partial charge in [0.05, 0.1) is 0 Å². The summed E-state index contributed by atoms with van der Waals surface area (Å²) < 4.78 is 41.2. The number of ether oxygens (including phenoxy) is 1. The zero-order chi connectivity index (χ0) is 10.6. The molecule has 0 aromatic carbocycles. The lowest BCUT2D eigenvalue weighted by atomic mass is 10.00. The Bertz CT molecular complexity index is 166. The molecule has 1 heterocycles. The van der Waals surface area contributed by atoms with Crippen molar-refractivity contribution < 1.29 is 17.9 Å². The molecule has 0 aromatic heterocycles. The van der Waals surface area contributed by atoms with Crippen molar-refractivity contribution in [3.8, 4) is 0 Å². The van der Waals surface area contributed by atoms with Crippen LogP contribution in [0.1, 0.15) is 19.3 Å². The third-order valence-corrected chi connectivity index (χ3v) is 2.65. The molecule has 0 saturated carbocycles. The van der Waals surface area contributed by atoms with Crippen LogP contribution in [0.15, 0.2) is 0 Å². The van der Waals surface area contributed by atoms with Crippen molar-refractivity contribution in [1.29, 1.82) is 0 Å². The van der Waals surface area contributed by atoms with Crippen molar-refractivity contribution in [1.82, 2.24) is 5.32 Å². The molecule has 2 nitrogen and oxygen atoms in total. The lowest BCUT2D eigenvalue weighted by Gasteiger charge is -2.19. The Morgan fingerprint density at radius 2 is 2.21 bits per heavy atom. The summed E-state index contributed by atoms with van der Waals surface area (Å²) in [5, 5.41) is 3.13. The normalized spacial score (nSPS) is 25.3. The second-order valence-corrected chi connectivity index (χ2v) is 3.70. The predicted octanol–water partition coefficient (Wildman–Crippen LogP) is 1.95. The largest absolute Gasteiger partial charge is 0.414 e. The van der Waals surface area contributed by atoms with Crippen molar-refractivity contribution >= 4 is 0 Å². The van der Waals surface area contributed by atoms with Crippen LogP contribution in [-0.2, 0) is 4.74 Å². The van der Waals surface area contributed by atoms with Gasteiger partial charge in [-0.3, -0.25) is 0 Å². The highest BCUT2D eigenvalue weighted by atomic mass is 19.4. The lowest BCUT2D eigenvalue weighted by molar-refractivity contribution is -0.215. The third kappa shape index (κ3) is 3.46. The van der Waals surface area contributed by atoms with Gasteiger partial charge in [0, 0.05) is 7.11 Å². The summed E-state index contributed by atoms with van der Waals surface area (Å²) >= 11 is 0. The second kappa shape index (κ2) is 4.98. The smallest absolute Gasteiger partial charge is 0.372 e. The Hall–Kier alpha value is -0.290. The summed E-state index contributed by atoms with van der Waals surface area (Å²) in [5.41, 5.74) is 0. The predicted molar refractivity (Wildman–Crippen MR) is 47.1 cm³/mol. The van der Waals surface area contributed by atoms with E-state index in [0.29, 0.717) is 12.3 Å². The van der Waals surface area contributed by atoms with Crippen LogP contribution in [0.5, 0.6) is 0 Å². The summed E-state index contributed by atoms with van der Waals surface area (Å²) in [4.78, 5) is 0. The summed E-state index contributed by atoms with van der Waals surface area (Å²) in [6.45, 7) is 1.77. The molecule has 1 N–H and O–H groups in total. The maximum atomic E-state index is 12.3. The molecule has 1 fully saturated rings. The van der Waals surface area contributed by atoms with E-state index in [1.165, 1.54) is 0 Å². The fourth-order valence-electron chi connectivity index (χ4n) is 1.76. The quantitative estimate of drug-likeness (QED) is 0.767. The standard InChI is InChI=1S/C9H16F3NO/c1-14-8(9(10,11)12)3-2-7-4-5-13-6-7/h7-8,13H,2-6H2,1H3. The number of nitrogens with one attached hydrogen (secondary N) is 1. The molecule has 1 rings (SSSR count). The number of hydrogen-bond donors (Lipinski definition) is 1. The van der Waals surface area contributed by atoms with Gasteiger partial charge in [-0.05, 0) is 38.3 Å². The monoisotopic (exact) mass is 211 g/mol.